The summed E-state index contributed by atoms with van der Waals surface area (Å²) in [6, 6.07) is 8.34. The molecule has 0 aliphatic heterocycles. The fourth-order valence-electron chi connectivity index (χ4n) is 1.77. The molecule has 1 aromatic carbocycles. The maximum Gasteiger partial charge on any atom is 0.0210 e. The maximum absolute atomic E-state index is 6.01. The quantitative estimate of drug-likeness (QED) is 0.877. The molecule has 0 radical (unpaired) electrons. The summed E-state index contributed by atoms with van der Waals surface area (Å²) in [5.41, 5.74) is 7.24. The van der Waals surface area contributed by atoms with Crippen molar-refractivity contribution in [3.8, 4) is 0 Å². The van der Waals surface area contributed by atoms with Crippen LogP contribution in [0.2, 0.25) is 0 Å². The van der Waals surface area contributed by atoms with Crippen molar-refractivity contribution in [1.82, 2.24) is 0 Å². The summed E-state index contributed by atoms with van der Waals surface area (Å²) >= 11 is 3.56. The Morgan fingerprint density at radius 2 is 1.93 bits per heavy atom. The number of nitrogens with two attached hydrogens (primary N) is 1. The topological polar surface area (TPSA) is 26.0 Å². The lowest BCUT2D eigenvalue weighted by Gasteiger charge is -2.24. The van der Waals surface area contributed by atoms with Crippen LogP contribution in [-0.4, -0.2) is 5.54 Å². The third-order valence-corrected chi connectivity index (χ3v) is 2.99. The summed E-state index contributed by atoms with van der Waals surface area (Å²) in [6.45, 7) is 6.36. The molecule has 0 heterocycles. The summed E-state index contributed by atoms with van der Waals surface area (Å²) < 4.78 is 1.18. The molecule has 78 valence electrons. The molecule has 0 aliphatic rings. The molecule has 1 atom stereocenters. The second-order valence-corrected chi connectivity index (χ2v) is 5.47. The molecule has 0 amide bonds. The fourth-order valence-corrected chi connectivity index (χ4v) is 2.45. The first kappa shape index (κ1) is 11.7. The van der Waals surface area contributed by atoms with Gasteiger partial charge < -0.3 is 5.73 Å². The monoisotopic (exact) mass is 255 g/mol. The average Bonchev–Trinajstić information content (AvgIpc) is 2.01. The van der Waals surface area contributed by atoms with Gasteiger partial charge in [0.25, 0.3) is 0 Å². The van der Waals surface area contributed by atoms with E-state index < -0.39 is 0 Å². The Balaban J connectivity index is 2.80. The summed E-state index contributed by atoms with van der Waals surface area (Å²) in [5.74, 6) is 0.491. The van der Waals surface area contributed by atoms with Crippen molar-refractivity contribution in [2.24, 2.45) is 5.73 Å². The van der Waals surface area contributed by atoms with E-state index in [4.69, 9.17) is 5.73 Å². The molecule has 1 aromatic rings. The second-order valence-electron chi connectivity index (χ2n) is 4.62. The van der Waals surface area contributed by atoms with Crippen LogP contribution in [0.15, 0.2) is 28.7 Å². The van der Waals surface area contributed by atoms with Crippen molar-refractivity contribution in [2.75, 3.05) is 0 Å². The van der Waals surface area contributed by atoms with Crippen LogP contribution in [0.5, 0.6) is 0 Å². The van der Waals surface area contributed by atoms with E-state index in [1.165, 1.54) is 10.0 Å². The van der Waals surface area contributed by atoms with Gasteiger partial charge in [-0.05, 0) is 37.8 Å². The van der Waals surface area contributed by atoms with Gasteiger partial charge in [0.15, 0.2) is 0 Å². The molecule has 1 nitrogen and oxygen atoms in total. The largest absolute Gasteiger partial charge is 0.326 e. The minimum absolute atomic E-state index is 0.102. The van der Waals surface area contributed by atoms with Crippen LogP contribution in [0.1, 0.15) is 38.7 Å². The molecule has 1 unspecified atom stereocenters. The smallest absolute Gasteiger partial charge is 0.0210 e. The van der Waals surface area contributed by atoms with Gasteiger partial charge in [-0.2, -0.15) is 0 Å². The summed E-state index contributed by atoms with van der Waals surface area (Å²) in [6.07, 6.45) is 0.996. The second kappa shape index (κ2) is 4.45. The van der Waals surface area contributed by atoms with E-state index in [1.807, 2.05) is 6.07 Å². The van der Waals surface area contributed by atoms with E-state index in [1.54, 1.807) is 0 Å². The van der Waals surface area contributed by atoms with Crippen molar-refractivity contribution in [3.63, 3.8) is 0 Å². The first-order valence-electron chi connectivity index (χ1n) is 4.93. The number of hydrogen-bond donors (Lipinski definition) is 1. The minimum atomic E-state index is -0.102. The molecule has 0 bridgehead atoms. The molecule has 0 aromatic heterocycles. The van der Waals surface area contributed by atoms with Crippen LogP contribution in [-0.2, 0) is 0 Å². The molecule has 1 rings (SSSR count). The van der Waals surface area contributed by atoms with Gasteiger partial charge >= 0.3 is 0 Å². The van der Waals surface area contributed by atoms with E-state index in [2.05, 4.69) is 54.9 Å². The number of hydrogen-bond acceptors (Lipinski definition) is 1. The maximum atomic E-state index is 6.01. The normalized spacial score (nSPS) is 14.1. The van der Waals surface area contributed by atoms with Gasteiger partial charge in [-0.1, -0.05) is 41.1 Å². The zero-order chi connectivity index (χ0) is 10.8. The van der Waals surface area contributed by atoms with Crippen LogP contribution >= 0.6 is 15.9 Å². The van der Waals surface area contributed by atoms with E-state index in [0.29, 0.717) is 5.92 Å². The minimum Gasteiger partial charge on any atom is -0.326 e. The van der Waals surface area contributed by atoms with Crippen LogP contribution in [0.25, 0.3) is 0 Å². The average molecular weight is 256 g/mol. The van der Waals surface area contributed by atoms with Gasteiger partial charge in [-0.3, -0.25) is 0 Å². The lowest BCUT2D eigenvalue weighted by atomic mass is 9.88. The lowest BCUT2D eigenvalue weighted by molar-refractivity contribution is 0.437. The first-order chi connectivity index (χ1) is 6.40. The fraction of sp³-hybridized carbons (Fsp3) is 0.500. The zero-order valence-corrected chi connectivity index (χ0v) is 10.6. The summed E-state index contributed by atoms with van der Waals surface area (Å²) in [7, 11) is 0. The third kappa shape index (κ3) is 3.43. The molecular formula is C12H18BrN. The number of halogens is 1. The predicted octanol–water partition coefficient (Wildman–Crippen LogP) is 3.68. The highest BCUT2D eigenvalue weighted by Gasteiger charge is 2.18. The molecule has 0 aliphatic carbocycles. The van der Waals surface area contributed by atoms with Gasteiger partial charge in [-0.15, -0.1) is 0 Å². The van der Waals surface area contributed by atoms with Crippen LogP contribution in [0.3, 0.4) is 0 Å². The van der Waals surface area contributed by atoms with Gasteiger partial charge in [0.05, 0.1) is 0 Å². The predicted molar refractivity (Wildman–Crippen MR) is 65.4 cm³/mol. The Hall–Kier alpha value is -0.340. The Morgan fingerprint density at radius 3 is 2.43 bits per heavy atom. The molecule has 14 heavy (non-hydrogen) atoms. The van der Waals surface area contributed by atoms with Crippen molar-refractivity contribution in [2.45, 2.75) is 38.6 Å². The zero-order valence-electron chi connectivity index (χ0n) is 9.05. The molecular weight excluding hydrogens is 238 g/mol. The summed E-state index contributed by atoms with van der Waals surface area (Å²) in [5, 5.41) is 0. The number of benzene rings is 1. The Bertz CT molecular complexity index is 301. The van der Waals surface area contributed by atoms with E-state index in [-0.39, 0.29) is 5.54 Å². The van der Waals surface area contributed by atoms with E-state index >= 15 is 0 Å². The van der Waals surface area contributed by atoms with E-state index in [9.17, 15) is 0 Å². The molecule has 0 spiro atoms. The molecule has 0 saturated heterocycles. The summed E-state index contributed by atoms with van der Waals surface area (Å²) in [4.78, 5) is 0. The van der Waals surface area contributed by atoms with Gasteiger partial charge in [0.1, 0.15) is 0 Å². The Morgan fingerprint density at radius 1 is 1.36 bits per heavy atom. The van der Waals surface area contributed by atoms with Gasteiger partial charge in [-0.25, -0.2) is 0 Å². The standard InChI is InChI=1S/C12H18BrN/c1-9(8-12(2,3)14)10-6-4-5-7-11(10)13/h4-7,9H,8,14H2,1-3H3. The molecule has 0 saturated carbocycles. The number of rotatable bonds is 3. The molecule has 2 heteroatoms. The first-order valence-corrected chi connectivity index (χ1v) is 5.73. The van der Waals surface area contributed by atoms with Crippen LogP contribution in [0.4, 0.5) is 0 Å². The Kier molecular flexibility index (Phi) is 3.73. The third-order valence-electron chi connectivity index (χ3n) is 2.27. The van der Waals surface area contributed by atoms with Gasteiger partial charge in [0, 0.05) is 10.0 Å². The van der Waals surface area contributed by atoms with Crippen LogP contribution < -0.4 is 5.73 Å². The van der Waals surface area contributed by atoms with Crippen molar-refractivity contribution in [1.29, 1.82) is 0 Å². The van der Waals surface area contributed by atoms with Gasteiger partial charge in [0.2, 0.25) is 0 Å². The Labute approximate surface area is 94.8 Å². The highest BCUT2D eigenvalue weighted by molar-refractivity contribution is 9.10. The van der Waals surface area contributed by atoms with Crippen molar-refractivity contribution in [3.05, 3.63) is 34.3 Å². The van der Waals surface area contributed by atoms with Crippen LogP contribution in [0, 0.1) is 0 Å². The van der Waals surface area contributed by atoms with Crippen molar-refractivity contribution >= 4 is 15.9 Å². The molecule has 2 N–H and O–H groups in total. The highest BCUT2D eigenvalue weighted by Crippen LogP contribution is 2.29. The lowest BCUT2D eigenvalue weighted by Crippen LogP contribution is -2.33. The SMILES string of the molecule is CC(CC(C)(C)N)c1ccccc1Br. The highest BCUT2D eigenvalue weighted by atomic mass is 79.9. The van der Waals surface area contributed by atoms with E-state index in [0.717, 1.165) is 6.42 Å². The molecule has 0 fully saturated rings. The van der Waals surface area contributed by atoms with Crippen molar-refractivity contribution < 1.29 is 0 Å².